The van der Waals surface area contributed by atoms with Gasteiger partial charge in [-0.15, -0.1) is 0 Å². The van der Waals surface area contributed by atoms with Crippen LogP contribution in [-0.4, -0.2) is 11.1 Å². The van der Waals surface area contributed by atoms with E-state index in [1.54, 1.807) is 12.1 Å². The summed E-state index contributed by atoms with van der Waals surface area (Å²) in [5, 5.41) is 8.84. The number of nitrogen functional groups attached to an aromatic ring is 1. The summed E-state index contributed by atoms with van der Waals surface area (Å²) in [6.45, 7) is 1.84. The molecular weight excluding hydrogens is 214 g/mol. The Bertz CT molecular complexity index is 458. The first-order valence-corrected chi connectivity index (χ1v) is 4.65. The van der Waals surface area contributed by atoms with Crippen molar-refractivity contribution in [3.05, 3.63) is 28.3 Å². The van der Waals surface area contributed by atoms with E-state index in [4.69, 9.17) is 22.4 Å². The van der Waals surface area contributed by atoms with Crippen molar-refractivity contribution < 1.29 is 9.90 Å². The standard InChI is InChI=1S/C11H10ClNO2/c1-7-5-8(3-2-4-11(14)15)9(12)6-10(7)13/h5-6H,4,13H2,1H3,(H,14,15). The molecule has 0 radical (unpaired) electrons. The number of anilines is 1. The van der Waals surface area contributed by atoms with Crippen LogP contribution in [0.15, 0.2) is 12.1 Å². The minimum absolute atomic E-state index is 0.195. The van der Waals surface area contributed by atoms with E-state index >= 15 is 0 Å². The fourth-order valence-electron chi connectivity index (χ4n) is 1.01. The van der Waals surface area contributed by atoms with Crippen molar-refractivity contribution in [2.75, 3.05) is 5.73 Å². The summed E-state index contributed by atoms with van der Waals surface area (Å²) < 4.78 is 0. The Kier molecular flexibility index (Phi) is 3.59. The van der Waals surface area contributed by atoms with Crippen molar-refractivity contribution in [2.24, 2.45) is 0 Å². The number of hydrogen-bond donors (Lipinski definition) is 2. The van der Waals surface area contributed by atoms with E-state index in [0.29, 0.717) is 16.3 Å². The summed E-state index contributed by atoms with van der Waals surface area (Å²) >= 11 is 5.89. The number of halogens is 1. The maximum atomic E-state index is 10.2. The molecule has 0 aliphatic heterocycles. The summed E-state index contributed by atoms with van der Waals surface area (Å²) in [5.74, 6) is 4.25. The van der Waals surface area contributed by atoms with Gasteiger partial charge in [0.15, 0.2) is 0 Å². The lowest BCUT2D eigenvalue weighted by Crippen LogP contribution is -1.92. The van der Waals surface area contributed by atoms with Crippen molar-refractivity contribution in [3.63, 3.8) is 0 Å². The van der Waals surface area contributed by atoms with E-state index in [1.807, 2.05) is 6.92 Å². The Balaban J connectivity index is 2.98. The molecule has 0 fully saturated rings. The van der Waals surface area contributed by atoms with Crippen LogP contribution in [0, 0.1) is 18.8 Å². The predicted octanol–water partition coefficient (Wildman–Crippen LogP) is 2.06. The minimum atomic E-state index is -0.953. The van der Waals surface area contributed by atoms with Gasteiger partial charge in [-0.2, -0.15) is 0 Å². The molecule has 4 heteroatoms. The molecule has 1 rings (SSSR count). The van der Waals surface area contributed by atoms with Crippen LogP contribution in [0.5, 0.6) is 0 Å². The molecule has 0 unspecified atom stereocenters. The zero-order chi connectivity index (χ0) is 11.4. The highest BCUT2D eigenvalue weighted by Gasteiger charge is 2.01. The Hall–Kier alpha value is -1.66. The number of aliphatic carboxylic acids is 1. The number of hydrogen-bond acceptors (Lipinski definition) is 2. The van der Waals surface area contributed by atoms with Gasteiger partial charge in [-0.1, -0.05) is 23.4 Å². The molecule has 0 aromatic heterocycles. The molecule has 0 bridgehead atoms. The molecule has 0 aliphatic carbocycles. The van der Waals surface area contributed by atoms with Crippen LogP contribution in [0.2, 0.25) is 5.02 Å². The van der Waals surface area contributed by atoms with E-state index < -0.39 is 5.97 Å². The third-order valence-electron chi connectivity index (χ3n) is 1.82. The second-order valence-electron chi connectivity index (χ2n) is 3.06. The Labute approximate surface area is 92.9 Å². The largest absolute Gasteiger partial charge is 0.481 e. The van der Waals surface area contributed by atoms with E-state index in [1.165, 1.54) is 0 Å². The summed E-state index contributed by atoms with van der Waals surface area (Å²) in [4.78, 5) is 10.2. The lowest BCUT2D eigenvalue weighted by Gasteiger charge is -2.02. The molecule has 78 valence electrons. The van der Waals surface area contributed by atoms with Gasteiger partial charge in [-0.3, -0.25) is 4.79 Å². The molecule has 1 aromatic rings. The summed E-state index contributed by atoms with van der Waals surface area (Å²) in [6.07, 6.45) is -0.195. The first-order chi connectivity index (χ1) is 7.00. The molecule has 3 nitrogen and oxygen atoms in total. The second-order valence-corrected chi connectivity index (χ2v) is 3.47. The highest BCUT2D eigenvalue weighted by atomic mass is 35.5. The molecule has 0 aliphatic rings. The smallest absolute Gasteiger partial charge is 0.315 e. The average Bonchev–Trinajstić information content (AvgIpc) is 2.13. The molecule has 0 amide bonds. The molecule has 0 spiro atoms. The van der Waals surface area contributed by atoms with Gasteiger partial charge in [0.25, 0.3) is 0 Å². The van der Waals surface area contributed by atoms with Gasteiger partial charge in [-0.25, -0.2) is 0 Å². The number of nitrogens with two attached hydrogens (primary N) is 1. The highest BCUT2D eigenvalue weighted by molar-refractivity contribution is 6.32. The Morgan fingerprint density at radius 2 is 2.27 bits per heavy atom. The number of aryl methyl sites for hydroxylation is 1. The molecule has 0 saturated heterocycles. The monoisotopic (exact) mass is 223 g/mol. The zero-order valence-corrected chi connectivity index (χ0v) is 8.93. The minimum Gasteiger partial charge on any atom is -0.481 e. The molecule has 0 saturated carbocycles. The quantitative estimate of drug-likeness (QED) is 0.566. The molecule has 0 atom stereocenters. The van der Waals surface area contributed by atoms with E-state index in [9.17, 15) is 4.79 Å². The lowest BCUT2D eigenvalue weighted by atomic mass is 10.1. The molecule has 3 N–H and O–H groups in total. The third kappa shape index (κ3) is 3.19. The van der Waals surface area contributed by atoms with Gasteiger partial charge < -0.3 is 10.8 Å². The van der Waals surface area contributed by atoms with Crippen molar-refractivity contribution in [1.82, 2.24) is 0 Å². The van der Waals surface area contributed by atoms with Crippen LogP contribution in [-0.2, 0) is 4.79 Å². The van der Waals surface area contributed by atoms with Gasteiger partial charge >= 0.3 is 5.97 Å². The van der Waals surface area contributed by atoms with Gasteiger partial charge in [0, 0.05) is 11.3 Å². The van der Waals surface area contributed by atoms with Crippen LogP contribution in [0.1, 0.15) is 17.5 Å². The van der Waals surface area contributed by atoms with Gasteiger partial charge in [0.1, 0.15) is 6.42 Å². The second kappa shape index (κ2) is 4.72. The van der Waals surface area contributed by atoms with E-state index in [2.05, 4.69) is 11.8 Å². The topological polar surface area (TPSA) is 63.3 Å². The first kappa shape index (κ1) is 11.4. The van der Waals surface area contributed by atoms with Gasteiger partial charge in [-0.05, 0) is 24.6 Å². The Morgan fingerprint density at radius 3 is 2.87 bits per heavy atom. The van der Waals surface area contributed by atoms with Crippen LogP contribution in [0.4, 0.5) is 5.69 Å². The Morgan fingerprint density at radius 1 is 1.60 bits per heavy atom. The number of carboxylic acids is 1. The summed E-state index contributed by atoms with van der Waals surface area (Å²) in [6, 6.07) is 3.36. The van der Waals surface area contributed by atoms with E-state index in [-0.39, 0.29) is 6.42 Å². The summed E-state index contributed by atoms with van der Waals surface area (Å²) in [5.41, 5.74) is 7.72. The third-order valence-corrected chi connectivity index (χ3v) is 2.13. The van der Waals surface area contributed by atoms with Crippen LogP contribution < -0.4 is 5.73 Å². The van der Waals surface area contributed by atoms with Crippen molar-refractivity contribution in [2.45, 2.75) is 13.3 Å². The molecule has 0 heterocycles. The number of benzene rings is 1. The van der Waals surface area contributed by atoms with Crippen molar-refractivity contribution in [3.8, 4) is 11.8 Å². The number of carbonyl (C=O) groups is 1. The highest BCUT2D eigenvalue weighted by Crippen LogP contribution is 2.21. The SMILES string of the molecule is Cc1cc(C#CCC(=O)O)c(Cl)cc1N. The van der Waals surface area contributed by atoms with Crippen LogP contribution in [0.25, 0.3) is 0 Å². The van der Waals surface area contributed by atoms with Crippen LogP contribution in [0.3, 0.4) is 0 Å². The van der Waals surface area contributed by atoms with E-state index in [0.717, 1.165) is 5.56 Å². The molecule has 15 heavy (non-hydrogen) atoms. The normalized spacial score (nSPS) is 9.20. The van der Waals surface area contributed by atoms with Gasteiger partial charge in [0.05, 0.1) is 5.02 Å². The predicted molar refractivity (Wildman–Crippen MR) is 59.7 cm³/mol. The zero-order valence-electron chi connectivity index (χ0n) is 8.17. The van der Waals surface area contributed by atoms with Crippen LogP contribution >= 0.6 is 11.6 Å². The van der Waals surface area contributed by atoms with Crippen molar-refractivity contribution >= 4 is 23.3 Å². The number of carboxylic acid groups (broad SMARTS) is 1. The average molecular weight is 224 g/mol. The maximum Gasteiger partial charge on any atom is 0.315 e. The molecule has 1 aromatic carbocycles. The first-order valence-electron chi connectivity index (χ1n) is 4.27. The number of rotatable bonds is 1. The maximum absolute atomic E-state index is 10.2. The fraction of sp³-hybridized carbons (Fsp3) is 0.182. The fourth-order valence-corrected chi connectivity index (χ4v) is 1.23. The van der Waals surface area contributed by atoms with Gasteiger partial charge in [0.2, 0.25) is 0 Å². The van der Waals surface area contributed by atoms with Crippen molar-refractivity contribution in [1.29, 1.82) is 0 Å². The summed E-state index contributed by atoms with van der Waals surface area (Å²) in [7, 11) is 0. The molecular formula is C11H10ClNO2. The lowest BCUT2D eigenvalue weighted by molar-refractivity contribution is -0.135.